The van der Waals surface area contributed by atoms with E-state index in [1.54, 1.807) is 0 Å². The van der Waals surface area contributed by atoms with Crippen molar-refractivity contribution < 1.29 is 4.79 Å². The van der Waals surface area contributed by atoms with Gasteiger partial charge in [0.15, 0.2) is 5.78 Å². The molecule has 0 radical (unpaired) electrons. The summed E-state index contributed by atoms with van der Waals surface area (Å²) in [6, 6.07) is 0.320. The lowest BCUT2D eigenvalue weighted by Gasteiger charge is -2.37. The lowest BCUT2D eigenvalue weighted by atomic mass is 9.82. The van der Waals surface area contributed by atoms with Crippen LogP contribution >= 0.6 is 0 Å². The molecular formula is C18H31NO. The maximum absolute atomic E-state index is 12.6. The lowest BCUT2D eigenvalue weighted by molar-refractivity contribution is -0.129. The zero-order valence-corrected chi connectivity index (χ0v) is 14.4. The lowest BCUT2D eigenvalue weighted by Crippen LogP contribution is -2.49. The smallest absolute Gasteiger partial charge is 0.152 e. The fraction of sp³-hybridized carbons (Fsp3) is 0.722. The standard InChI is InChI=1S/C18H31NO/c1-9-10-11-12-15(6)16(7)17(18(20)13(2)3)19(8)14(4)5/h11-17H,1-8H3/b12-11-/t15-,16-,17+/m1/s1. The van der Waals surface area contributed by atoms with Crippen molar-refractivity contribution in [3.05, 3.63) is 12.2 Å². The van der Waals surface area contributed by atoms with E-state index in [1.807, 2.05) is 33.9 Å². The predicted molar refractivity (Wildman–Crippen MR) is 87.5 cm³/mol. The van der Waals surface area contributed by atoms with Crippen molar-refractivity contribution in [1.29, 1.82) is 0 Å². The molecule has 0 aromatic heterocycles. The molecule has 0 unspecified atom stereocenters. The van der Waals surface area contributed by atoms with Gasteiger partial charge >= 0.3 is 0 Å². The monoisotopic (exact) mass is 277 g/mol. The van der Waals surface area contributed by atoms with Gasteiger partial charge in [-0.1, -0.05) is 39.7 Å². The van der Waals surface area contributed by atoms with E-state index in [4.69, 9.17) is 0 Å². The van der Waals surface area contributed by atoms with Crippen LogP contribution < -0.4 is 0 Å². The van der Waals surface area contributed by atoms with Crippen LogP contribution in [0.5, 0.6) is 0 Å². The maximum Gasteiger partial charge on any atom is 0.152 e. The van der Waals surface area contributed by atoms with Crippen LogP contribution in [0.25, 0.3) is 0 Å². The van der Waals surface area contributed by atoms with Crippen LogP contribution in [0.2, 0.25) is 0 Å². The van der Waals surface area contributed by atoms with Crippen molar-refractivity contribution in [1.82, 2.24) is 4.90 Å². The van der Waals surface area contributed by atoms with Crippen LogP contribution in [0.1, 0.15) is 48.5 Å². The third-order valence-electron chi connectivity index (χ3n) is 4.07. The molecule has 0 amide bonds. The molecule has 0 bridgehead atoms. The fourth-order valence-electron chi connectivity index (χ4n) is 2.24. The fourth-order valence-corrected chi connectivity index (χ4v) is 2.24. The van der Waals surface area contributed by atoms with Crippen LogP contribution in [0.4, 0.5) is 0 Å². The molecule has 0 saturated heterocycles. The third kappa shape index (κ3) is 5.51. The number of rotatable bonds is 7. The number of nitrogens with zero attached hydrogens (tertiary/aromatic N) is 1. The summed E-state index contributed by atoms with van der Waals surface area (Å²) < 4.78 is 0. The Hall–Kier alpha value is -1.07. The number of Topliss-reactive ketones (excluding diaryl/α,β-unsaturated/α-hetero) is 1. The molecule has 0 aromatic carbocycles. The van der Waals surface area contributed by atoms with Gasteiger partial charge in [0.05, 0.1) is 6.04 Å². The van der Waals surface area contributed by atoms with Crippen molar-refractivity contribution in [2.45, 2.75) is 60.5 Å². The van der Waals surface area contributed by atoms with E-state index in [-0.39, 0.29) is 17.9 Å². The summed E-state index contributed by atoms with van der Waals surface area (Å²) in [6.07, 6.45) is 4.00. The SMILES string of the molecule is CC#C/C=C\[C@@H](C)[C@@H](C)[C@@H](C(=O)C(C)C)N(C)C(C)C. The number of hydrogen-bond donors (Lipinski definition) is 0. The second kappa shape index (κ2) is 8.97. The Morgan fingerprint density at radius 3 is 2.05 bits per heavy atom. The van der Waals surface area contributed by atoms with Crippen LogP contribution in [-0.2, 0) is 4.79 Å². The third-order valence-corrected chi connectivity index (χ3v) is 4.07. The maximum atomic E-state index is 12.6. The highest BCUT2D eigenvalue weighted by molar-refractivity contribution is 5.86. The van der Waals surface area contributed by atoms with Crippen molar-refractivity contribution in [3.8, 4) is 11.8 Å². The molecule has 2 nitrogen and oxygen atoms in total. The molecule has 0 heterocycles. The largest absolute Gasteiger partial charge is 0.298 e. The molecule has 3 atom stereocenters. The molecule has 0 saturated carbocycles. The summed E-state index contributed by atoms with van der Waals surface area (Å²) in [5, 5.41) is 0. The van der Waals surface area contributed by atoms with Crippen molar-refractivity contribution in [2.24, 2.45) is 17.8 Å². The Morgan fingerprint density at radius 1 is 1.10 bits per heavy atom. The van der Waals surface area contributed by atoms with Gasteiger partial charge in [-0.25, -0.2) is 0 Å². The first kappa shape index (κ1) is 18.9. The molecular weight excluding hydrogens is 246 g/mol. The highest BCUT2D eigenvalue weighted by Crippen LogP contribution is 2.24. The average Bonchev–Trinajstić information content (AvgIpc) is 2.38. The molecule has 0 aromatic rings. The van der Waals surface area contributed by atoms with Crippen molar-refractivity contribution in [3.63, 3.8) is 0 Å². The Labute approximate surface area is 125 Å². The van der Waals surface area contributed by atoms with Crippen molar-refractivity contribution >= 4 is 5.78 Å². The zero-order valence-electron chi connectivity index (χ0n) is 14.4. The molecule has 20 heavy (non-hydrogen) atoms. The van der Waals surface area contributed by atoms with Crippen LogP contribution in [0, 0.1) is 29.6 Å². The summed E-state index contributed by atoms with van der Waals surface area (Å²) in [4.78, 5) is 14.8. The minimum Gasteiger partial charge on any atom is -0.298 e. The number of ketones is 1. The molecule has 0 aliphatic carbocycles. The Balaban J connectivity index is 5.19. The highest BCUT2D eigenvalue weighted by Gasteiger charge is 2.33. The van der Waals surface area contributed by atoms with Gasteiger partial charge < -0.3 is 0 Å². The van der Waals surface area contributed by atoms with Crippen molar-refractivity contribution in [2.75, 3.05) is 7.05 Å². The minimum absolute atomic E-state index is 0.0377. The molecule has 0 spiro atoms. The Morgan fingerprint density at radius 2 is 1.65 bits per heavy atom. The Bertz CT molecular complexity index is 384. The molecule has 0 aliphatic heterocycles. The number of hydrogen-bond acceptors (Lipinski definition) is 2. The summed E-state index contributed by atoms with van der Waals surface area (Å²) in [6.45, 7) is 14.4. The molecule has 0 rings (SSSR count). The van der Waals surface area contributed by atoms with Crippen LogP contribution in [0.15, 0.2) is 12.2 Å². The van der Waals surface area contributed by atoms with Gasteiger partial charge in [-0.05, 0) is 45.7 Å². The van der Waals surface area contributed by atoms with E-state index in [0.717, 1.165) is 0 Å². The number of carbonyl (C=O) groups is 1. The second-order valence-electron chi connectivity index (χ2n) is 6.23. The molecule has 0 fully saturated rings. The first-order valence-electron chi connectivity index (χ1n) is 7.58. The van der Waals surface area contributed by atoms with Gasteiger partial charge in [0, 0.05) is 12.0 Å². The summed E-state index contributed by atoms with van der Waals surface area (Å²) in [5.41, 5.74) is 0. The molecule has 0 N–H and O–H groups in total. The molecule has 114 valence electrons. The van der Waals surface area contributed by atoms with Gasteiger partial charge in [-0.15, -0.1) is 5.92 Å². The van der Waals surface area contributed by atoms with Gasteiger partial charge in [0.25, 0.3) is 0 Å². The van der Waals surface area contributed by atoms with E-state index < -0.39 is 0 Å². The van der Waals surface area contributed by atoms with E-state index in [0.29, 0.717) is 17.7 Å². The number of allylic oxidation sites excluding steroid dienone is 2. The first-order valence-corrected chi connectivity index (χ1v) is 7.58. The quantitative estimate of drug-likeness (QED) is 0.660. The number of carbonyl (C=O) groups excluding carboxylic acids is 1. The van der Waals surface area contributed by atoms with Crippen LogP contribution in [0.3, 0.4) is 0 Å². The molecule has 0 aliphatic rings. The number of likely N-dealkylation sites (N-methyl/N-ethyl adjacent to an activating group) is 1. The van der Waals surface area contributed by atoms with E-state index in [2.05, 4.69) is 50.5 Å². The average molecular weight is 277 g/mol. The summed E-state index contributed by atoms with van der Waals surface area (Å²) >= 11 is 0. The van der Waals surface area contributed by atoms with E-state index >= 15 is 0 Å². The highest BCUT2D eigenvalue weighted by atomic mass is 16.1. The predicted octanol–water partition coefficient (Wildman–Crippen LogP) is 3.77. The van der Waals surface area contributed by atoms with Crippen LogP contribution in [-0.4, -0.2) is 29.8 Å². The summed E-state index contributed by atoms with van der Waals surface area (Å²) in [7, 11) is 2.05. The van der Waals surface area contributed by atoms with Gasteiger partial charge in [-0.3, -0.25) is 9.69 Å². The topological polar surface area (TPSA) is 20.3 Å². The minimum atomic E-state index is -0.0377. The normalized spacial score (nSPS) is 16.4. The first-order chi connectivity index (χ1) is 9.23. The Kier molecular flexibility index (Phi) is 8.49. The van der Waals surface area contributed by atoms with Gasteiger partial charge in [0.2, 0.25) is 0 Å². The van der Waals surface area contributed by atoms with E-state index in [9.17, 15) is 4.79 Å². The molecule has 2 heteroatoms. The zero-order chi connectivity index (χ0) is 15.9. The van der Waals surface area contributed by atoms with Gasteiger partial charge in [-0.2, -0.15) is 0 Å². The van der Waals surface area contributed by atoms with E-state index in [1.165, 1.54) is 0 Å². The van der Waals surface area contributed by atoms with Gasteiger partial charge in [0.1, 0.15) is 0 Å². The summed E-state index contributed by atoms with van der Waals surface area (Å²) in [5.74, 6) is 6.80. The second-order valence-corrected chi connectivity index (χ2v) is 6.23.